The van der Waals surface area contributed by atoms with Crippen molar-refractivity contribution < 1.29 is 5.11 Å². The van der Waals surface area contributed by atoms with E-state index in [0.717, 1.165) is 25.9 Å². The van der Waals surface area contributed by atoms with E-state index in [9.17, 15) is 5.11 Å². The number of halogens is 1. The minimum atomic E-state index is -0.432. The topological polar surface area (TPSA) is 32.3 Å². The van der Waals surface area contributed by atoms with Crippen molar-refractivity contribution in [2.75, 3.05) is 13.1 Å². The van der Waals surface area contributed by atoms with Crippen molar-refractivity contribution in [3.05, 3.63) is 0 Å². The smallest absolute Gasteiger partial charge is 0.0744 e. The first-order valence-corrected chi connectivity index (χ1v) is 3.14. The Bertz CT molecular complexity index is 77.1. The van der Waals surface area contributed by atoms with Gasteiger partial charge in [-0.3, -0.25) is 0 Å². The van der Waals surface area contributed by atoms with Gasteiger partial charge in [0.25, 0.3) is 0 Å². The van der Waals surface area contributed by atoms with Gasteiger partial charge in [-0.1, -0.05) is 0 Å². The summed E-state index contributed by atoms with van der Waals surface area (Å²) in [5, 5.41) is 12.4. The number of aliphatic hydroxyl groups is 1. The Balaban J connectivity index is 0.000000640. The highest BCUT2D eigenvalue weighted by Gasteiger charge is 2.21. The summed E-state index contributed by atoms with van der Waals surface area (Å²) in [6.07, 6.45) is 2.05. The maximum Gasteiger partial charge on any atom is 0.0744 e. The van der Waals surface area contributed by atoms with Crippen LogP contribution in [0.2, 0.25) is 0 Å². The molecule has 1 rings (SSSR count). The Morgan fingerprint density at radius 2 is 2.22 bits per heavy atom. The Hall–Kier alpha value is 0.210. The van der Waals surface area contributed by atoms with Crippen LogP contribution in [0.5, 0.6) is 0 Å². The molecule has 0 amide bonds. The monoisotopic (exact) mass is 151 g/mol. The Morgan fingerprint density at radius 1 is 1.56 bits per heavy atom. The van der Waals surface area contributed by atoms with Gasteiger partial charge in [-0.25, -0.2) is 0 Å². The van der Waals surface area contributed by atoms with Crippen LogP contribution in [0.1, 0.15) is 19.8 Å². The van der Waals surface area contributed by atoms with Gasteiger partial charge in [0.15, 0.2) is 0 Å². The van der Waals surface area contributed by atoms with Crippen molar-refractivity contribution in [3.63, 3.8) is 0 Å². The number of hydrogen-bond acceptors (Lipinski definition) is 2. The maximum atomic E-state index is 9.31. The second-order valence-corrected chi connectivity index (χ2v) is 2.78. The van der Waals surface area contributed by atoms with Crippen LogP contribution in [0.3, 0.4) is 0 Å². The van der Waals surface area contributed by atoms with E-state index in [4.69, 9.17) is 0 Å². The van der Waals surface area contributed by atoms with E-state index in [1.165, 1.54) is 0 Å². The summed E-state index contributed by atoms with van der Waals surface area (Å²) in [6, 6.07) is 0. The molecule has 3 heteroatoms. The molecule has 1 aliphatic heterocycles. The molecule has 56 valence electrons. The quantitative estimate of drug-likeness (QED) is 0.530. The first-order valence-electron chi connectivity index (χ1n) is 3.14. The van der Waals surface area contributed by atoms with Gasteiger partial charge in [0, 0.05) is 6.54 Å². The molecule has 9 heavy (non-hydrogen) atoms. The van der Waals surface area contributed by atoms with Gasteiger partial charge >= 0.3 is 0 Å². The summed E-state index contributed by atoms with van der Waals surface area (Å²) in [5.74, 6) is 0. The summed E-state index contributed by atoms with van der Waals surface area (Å²) < 4.78 is 0. The van der Waals surface area contributed by atoms with Gasteiger partial charge in [0.1, 0.15) is 0 Å². The van der Waals surface area contributed by atoms with E-state index in [-0.39, 0.29) is 12.4 Å². The molecule has 1 aliphatic rings. The second kappa shape index (κ2) is 3.40. The highest BCUT2D eigenvalue weighted by molar-refractivity contribution is 5.85. The standard InChI is InChI=1S/C6H13NO.ClH/c1-6(8)3-2-4-7-5-6;/h7-8H,2-5H2,1H3;1H/t6-;/m0./s1. The molecular weight excluding hydrogens is 138 g/mol. The van der Waals surface area contributed by atoms with Gasteiger partial charge in [0.2, 0.25) is 0 Å². The fourth-order valence-electron chi connectivity index (χ4n) is 1.04. The van der Waals surface area contributed by atoms with Crippen molar-refractivity contribution in [1.82, 2.24) is 5.32 Å². The zero-order valence-electron chi connectivity index (χ0n) is 5.68. The van der Waals surface area contributed by atoms with Crippen LogP contribution < -0.4 is 5.32 Å². The third kappa shape index (κ3) is 3.04. The molecule has 1 atom stereocenters. The molecule has 0 aromatic carbocycles. The van der Waals surface area contributed by atoms with Crippen LogP contribution in [0, 0.1) is 0 Å². The molecule has 2 N–H and O–H groups in total. The Labute approximate surface area is 62.1 Å². The second-order valence-electron chi connectivity index (χ2n) is 2.78. The third-order valence-corrected chi connectivity index (χ3v) is 1.57. The molecule has 1 heterocycles. The number of piperidine rings is 1. The average molecular weight is 152 g/mol. The van der Waals surface area contributed by atoms with E-state index < -0.39 is 5.60 Å². The van der Waals surface area contributed by atoms with Crippen LogP contribution in [-0.4, -0.2) is 23.8 Å². The van der Waals surface area contributed by atoms with Crippen molar-refractivity contribution in [2.24, 2.45) is 0 Å². The fourth-order valence-corrected chi connectivity index (χ4v) is 1.04. The van der Waals surface area contributed by atoms with Crippen LogP contribution in [0.25, 0.3) is 0 Å². The van der Waals surface area contributed by atoms with Crippen LogP contribution >= 0.6 is 12.4 Å². The fraction of sp³-hybridized carbons (Fsp3) is 1.00. The first kappa shape index (κ1) is 9.21. The lowest BCUT2D eigenvalue weighted by molar-refractivity contribution is 0.0351. The van der Waals surface area contributed by atoms with Crippen LogP contribution in [0.15, 0.2) is 0 Å². The van der Waals surface area contributed by atoms with E-state index in [1.54, 1.807) is 0 Å². The summed E-state index contributed by atoms with van der Waals surface area (Å²) in [5.41, 5.74) is -0.432. The predicted molar refractivity (Wildman–Crippen MR) is 40.0 cm³/mol. The summed E-state index contributed by atoms with van der Waals surface area (Å²) in [7, 11) is 0. The highest BCUT2D eigenvalue weighted by Crippen LogP contribution is 2.13. The largest absolute Gasteiger partial charge is 0.389 e. The van der Waals surface area contributed by atoms with Gasteiger partial charge in [-0.15, -0.1) is 12.4 Å². The molecule has 1 saturated heterocycles. The minimum absolute atomic E-state index is 0. The molecule has 0 bridgehead atoms. The van der Waals surface area contributed by atoms with Gasteiger partial charge in [0.05, 0.1) is 5.60 Å². The number of hydrogen-bond donors (Lipinski definition) is 2. The van der Waals surface area contributed by atoms with E-state index in [2.05, 4.69) is 5.32 Å². The average Bonchev–Trinajstić information content (AvgIpc) is 1.65. The molecule has 0 radical (unpaired) electrons. The van der Waals surface area contributed by atoms with Crippen molar-refractivity contribution >= 4 is 12.4 Å². The lowest BCUT2D eigenvalue weighted by Gasteiger charge is -2.28. The van der Waals surface area contributed by atoms with Gasteiger partial charge in [-0.05, 0) is 26.3 Å². The zero-order chi connectivity index (χ0) is 6.04. The highest BCUT2D eigenvalue weighted by atomic mass is 35.5. The van der Waals surface area contributed by atoms with E-state index in [0.29, 0.717) is 0 Å². The molecule has 0 unspecified atom stereocenters. The molecule has 0 saturated carbocycles. The summed E-state index contributed by atoms with van der Waals surface area (Å²) in [6.45, 7) is 3.70. The van der Waals surface area contributed by atoms with Crippen LogP contribution in [-0.2, 0) is 0 Å². The SMILES string of the molecule is C[C@]1(O)CCCNC1.Cl. The number of β-amino-alcohol motifs (C(OH)–C–C–N with tert-alkyl or cyclic N) is 1. The minimum Gasteiger partial charge on any atom is -0.389 e. The molecule has 0 aromatic rings. The Morgan fingerprint density at radius 3 is 2.44 bits per heavy atom. The molecule has 0 aliphatic carbocycles. The molecule has 2 nitrogen and oxygen atoms in total. The summed E-state index contributed by atoms with van der Waals surface area (Å²) >= 11 is 0. The first-order chi connectivity index (χ1) is 3.71. The lowest BCUT2D eigenvalue weighted by Crippen LogP contribution is -2.42. The Kier molecular flexibility index (Phi) is 3.48. The van der Waals surface area contributed by atoms with Gasteiger partial charge < -0.3 is 10.4 Å². The van der Waals surface area contributed by atoms with Crippen molar-refractivity contribution in [2.45, 2.75) is 25.4 Å². The summed E-state index contributed by atoms with van der Waals surface area (Å²) in [4.78, 5) is 0. The molecule has 1 fully saturated rings. The lowest BCUT2D eigenvalue weighted by atomic mass is 9.97. The number of nitrogens with one attached hydrogen (secondary N) is 1. The number of rotatable bonds is 0. The molecule has 0 spiro atoms. The van der Waals surface area contributed by atoms with E-state index >= 15 is 0 Å². The van der Waals surface area contributed by atoms with E-state index in [1.807, 2.05) is 6.92 Å². The van der Waals surface area contributed by atoms with Gasteiger partial charge in [-0.2, -0.15) is 0 Å². The van der Waals surface area contributed by atoms with Crippen molar-refractivity contribution in [3.8, 4) is 0 Å². The molecular formula is C6H14ClNO. The van der Waals surface area contributed by atoms with Crippen LogP contribution in [0.4, 0.5) is 0 Å². The normalized spacial score (nSPS) is 35.3. The zero-order valence-corrected chi connectivity index (χ0v) is 6.50. The third-order valence-electron chi connectivity index (χ3n) is 1.57. The molecule has 0 aromatic heterocycles. The van der Waals surface area contributed by atoms with Crippen molar-refractivity contribution in [1.29, 1.82) is 0 Å². The predicted octanol–water partition coefficient (Wildman–Crippen LogP) is 0.543. The maximum absolute atomic E-state index is 9.31.